The Hall–Kier alpha value is -1.31. The lowest BCUT2D eigenvalue weighted by Crippen LogP contribution is -2.48. The van der Waals surface area contributed by atoms with E-state index in [4.69, 9.17) is 9.72 Å². The van der Waals surface area contributed by atoms with Gasteiger partial charge in [0.25, 0.3) is 0 Å². The Morgan fingerprint density at radius 1 is 1.30 bits per heavy atom. The Morgan fingerprint density at radius 2 is 2.03 bits per heavy atom. The molecule has 0 radical (unpaired) electrons. The second kappa shape index (κ2) is 8.32. The molecular weight excluding hydrogens is 462 g/mol. The monoisotopic (exact) mass is 493 g/mol. The van der Waals surface area contributed by atoms with Crippen molar-refractivity contribution in [1.29, 1.82) is 0 Å². The second-order valence-corrected chi connectivity index (χ2v) is 13.9. The number of ether oxygens (including phenoxy) is 1. The van der Waals surface area contributed by atoms with Gasteiger partial charge in [-0.25, -0.2) is 4.98 Å². The van der Waals surface area contributed by atoms with Crippen molar-refractivity contribution < 1.29 is 9.53 Å². The summed E-state index contributed by atoms with van der Waals surface area (Å²) in [6.45, 7) is 9.34. The molecule has 0 saturated carbocycles. The highest BCUT2D eigenvalue weighted by atomic mass is 79.9. The molecule has 4 rings (SSSR count). The van der Waals surface area contributed by atoms with Gasteiger partial charge in [0.05, 0.1) is 23.7 Å². The molecule has 2 fully saturated rings. The first-order valence-corrected chi connectivity index (χ1v) is 13.8. The summed E-state index contributed by atoms with van der Waals surface area (Å²) in [5.74, 6) is 5.21. The highest BCUT2D eigenvalue weighted by Crippen LogP contribution is 2.61. The van der Waals surface area contributed by atoms with Crippen molar-refractivity contribution in [3.8, 4) is 11.3 Å². The third kappa shape index (κ3) is 3.96. The summed E-state index contributed by atoms with van der Waals surface area (Å²) >= 11 is 3.50. The van der Waals surface area contributed by atoms with Gasteiger partial charge < -0.3 is 14.6 Å². The standard InChI is InChI=1S/C23H32BrN3O2S/c1-16(2)17(3)21(28)27-14-30(11-5-10-29-15-30)13-23(27,4)22-25-12-20(26-22)18-6-8-19(24)9-7-18/h6-9,12,16-17H,5,10-11,13-15H2,1-4H3,(H,25,26)/t17?,23-/m1/s1. The molecule has 30 heavy (non-hydrogen) atoms. The summed E-state index contributed by atoms with van der Waals surface area (Å²) in [7, 11) is -1.02. The lowest BCUT2D eigenvalue weighted by atomic mass is 9.93. The molecule has 5 nitrogen and oxygen atoms in total. The largest absolute Gasteiger partial charge is 0.372 e. The van der Waals surface area contributed by atoms with Gasteiger partial charge in [-0.2, -0.15) is 10.0 Å². The van der Waals surface area contributed by atoms with E-state index < -0.39 is 15.6 Å². The normalized spacial score (nSPS) is 29.9. The molecule has 1 aromatic heterocycles. The highest BCUT2D eigenvalue weighted by Gasteiger charge is 2.53. The molecule has 164 valence electrons. The maximum absolute atomic E-state index is 13.6. The number of hydrogen-bond acceptors (Lipinski definition) is 3. The molecule has 2 aliphatic heterocycles. The van der Waals surface area contributed by atoms with Crippen LogP contribution in [0.25, 0.3) is 11.3 Å². The Morgan fingerprint density at radius 3 is 2.67 bits per heavy atom. The van der Waals surface area contributed by atoms with Crippen LogP contribution in [0.1, 0.15) is 39.9 Å². The molecule has 1 aromatic carbocycles. The third-order valence-electron chi connectivity index (χ3n) is 6.68. The SMILES string of the molecule is CC(C)C(C)C(=O)N1CS2(CCCOC2)C[C@]1(C)c1ncc(-c2ccc(Br)cc2)[nH]1. The molecule has 1 amide bonds. The fraction of sp³-hybridized carbons (Fsp3) is 0.565. The van der Waals surface area contributed by atoms with Crippen molar-refractivity contribution in [2.24, 2.45) is 11.8 Å². The molecule has 2 aromatic rings. The maximum Gasteiger partial charge on any atom is 0.227 e. The fourth-order valence-electron chi connectivity index (χ4n) is 4.52. The van der Waals surface area contributed by atoms with Gasteiger partial charge in [0, 0.05) is 22.8 Å². The van der Waals surface area contributed by atoms with E-state index in [2.05, 4.69) is 65.6 Å². The molecule has 3 heterocycles. The fourth-order valence-corrected chi connectivity index (χ4v) is 9.07. The topological polar surface area (TPSA) is 58.2 Å². The van der Waals surface area contributed by atoms with Crippen LogP contribution < -0.4 is 0 Å². The molecule has 3 atom stereocenters. The summed E-state index contributed by atoms with van der Waals surface area (Å²) < 4.78 is 6.97. The number of imidazole rings is 1. The lowest BCUT2D eigenvalue weighted by Gasteiger charge is -2.38. The van der Waals surface area contributed by atoms with Crippen LogP contribution in [0, 0.1) is 11.8 Å². The molecule has 2 aliphatic rings. The van der Waals surface area contributed by atoms with Crippen molar-refractivity contribution in [3.63, 3.8) is 0 Å². The summed E-state index contributed by atoms with van der Waals surface area (Å²) in [5.41, 5.74) is 1.65. The van der Waals surface area contributed by atoms with Gasteiger partial charge in [0.2, 0.25) is 5.91 Å². The number of H-pyrrole nitrogens is 1. The summed E-state index contributed by atoms with van der Waals surface area (Å²) in [5, 5.41) is 0. The molecule has 2 saturated heterocycles. The van der Waals surface area contributed by atoms with Crippen molar-refractivity contribution in [2.45, 2.75) is 39.7 Å². The van der Waals surface area contributed by atoms with Gasteiger partial charge in [0.15, 0.2) is 0 Å². The number of carbonyl (C=O) groups excluding carboxylic acids is 1. The minimum absolute atomic E-state index is 0.00992. The predicted octanol–water partition coefficient (Wildman–Crippen LogP) is 5.33. The number of amides is 1. The number of benzene rings is 1. The van der Waals surface area contributed by atoms with Crippen molar-refractivity contribution in [1.82, 2.24) is 14.9 Å². The average molecular weight is 494 g/mol. The minimum atomic E-state index is -1.02. The minimum Gasteiger partial charge on any atom is -0.372 e. The van der Waals surface area contributed by atoms with Crippen molar-refractivity contribution in [2.75, 3.05) is 29.9 Å². The average Bonchev–Trinajstić information content (AvgIpc) is 3.32. The Bertz CT molecular complexity index is 907. The van der Waals surface area contributed by atoms with E-state index in [9.17, 15) is 4.79 Å². The molecule has 0 bridgehead atoms. The molecule has 1 N–H and O–H groups in total. The third-order valence-corrected chi connectivity index (χ3v) is 11.0. The van der Waals surface area contributed by atoms with Crippen molar-refractivity contribution in [3.05, 3.63) is 40.8 Å². The maximum atomic E-state index is 13.6. The highest BCUT2D eigenvalue weighted by molar-refractivity contribution is 9.10. The second-order valence-electron chi connectivity index (χ2n) is 9.31. The van der Waals surface area contributed by atoms with Crippen LogP contribution in [-0.4, -0.2) is 50.7 Å². The van der Waals surface area contributed by atoms with Gasteiger partial charge in [-0.15, -0.1) is 0 Å². The summed E-state index contributed by atoms with van der Waals surface area (Å²) in [6.07, 6.45) is 2.99. The van der Waals surface area contributed by atoms with Gasteiger partial charge in [-0.3, -0.25) is 4.79 Å². The van der Waals surface area contributed by atoms with Crippen molar-refractivity contribution >= 4 is 31.9 Å². The number of aromatic amines is 1. The Balaban J connectivity index is 1.70. The Kier molecular flexibility index (Phi) is 6.08. The lowest BCUT2D eigenvalue weighted by molar-refractivity contribution is -0.140. The van der Waals surface area contributed by atoms with E-state index in [1.54, 1.807) is 0 Å². The van der Waals surface area contributed by atoms with Crippen LogP contribution in [0.3, 0.4) is 0 Å². The van der Waals surface area contributed by atoms with Crippen LogP contribution in [0.15, 0.2) is 34.9 Å². The van der Waals surface area contributed by atoms with E-state index in [1.807, 2.05) is 18.3 Å². The zero-order valence-electron chi connectivity index (χ0n) is 18.3. The number of carbonyl (C=O) groups is 1. The molecule has 0 aliphatic carbocycles. The smallest absolute Gasteiger partial charge is 0.227 e. The quantitative estimate of drug-likeness (QED) is 0.625. The van der Waals surface area contributed by atoms with Crippen LogP contribution >= 0.6 is 26.0 Å². The van der Waals surface area contributed by atoms with Crippen LogP contribution in [0.2, 0.25) is 0 Å². The number of hydrogen-bond donors (Lipinski definition) is 1. The van der Waals surface area contributed by atoms with E-state index in [0.717, 1.165) is 52.2 Å². The van der Waals surface area contributed by atoms with Crippen LogP contribution in [0.4, 0.5) is 0 Å². The number of aromatic nitrogens is 2. The number of nitrogens with zero attached hydrogens (tertiary/aromatic N) is 2. The van der Waals surface area contributed by atoms with Gasteiger partial charge in [-0.05, 0) is 42.7 Å². The zero-order chi connectivity index (χ0) is 21.5. The van der Waals surface area contributed by atoms with E-state index in [0.29, 0.717) is 5.92 Å². The first kappa shape index (κ1) is 21.9. The summed E-state index contributed by atoms with van der Waals surface area (Å²) in [4.78, 5) is 24.1. The van der Waals surface area contributed by atoms with Crippen LogP contribution in [-0.2, 0) is 15.1 Å². The summed E-state index contributed by atoms with van der Waals surface area (Å²) in [6, 6.07) is 8.21. The van der Waals surface area contributed by atoms with Gasteiger partial charge >= 0.3 is 0 Å². The number of halogens is 1. The van der Waals surface area contributed by atoms with E-state index in [1.165, 1.54) is 5.75 Å². The Labute approximate surface area is 189 Å². The first-order chi connectivity index (χ1) is 14.2. The van der Waals surface area contributed by atoms with E-state index >= 15 is 0 Å². The molecule has 1 spiro atoms. The number of rotatable bonds is 4. The van der Waals surface area contributed by atoms with Gasteiger partial charge in [-0.1, -0.05) is 48.8 Å². The number of nitrogens with one attached hydrogen (secondary N) is 1. The van der Waals surface area contributed by atoms with E-state index in [-0.39, 0.29) is 11.8 Å². The molecular formula is C23H32BrN3O2S. The van der Waals surface area contributed by atoms with Crippen LogP contribution in [0.5, 0.6) is 0 Å². The molecule has 7 heteroatoms. The zero-order valence-corrected chi connectivity index (χ0v) is 20.7. The van der Waals surface area contributed by atoms with Gasteiger partial charge in [0.1, 0.15) is 11.4 Å². The molecule has 2 unspecified atom stereocenters. The first-order valence-electron chi connectivity index (χ1n) is 10.7. The predicted molar refractivity (Wildman–Crippen MR) is 128 cm³/mol.